The Bertz CT molecular complexity index is 1250. The van der Waals surface area contributed by atoms with Gasteiger partial charge in [0.25, 0.3) is 5.78 Å². The molecule has 0 atom stereocenters. The Morgan fingerprint density at radius 3 is 2.77 bits per heavy atom. The van der Waals surface area contributed by atoms with E-state index in [4.69, 9.17) is 9.47 Å². The van der Waals surface area contributed by atoms with Gasteiger partial charge in [-0.1, -0.05) is 18.2 Å². The van der Waals surface area contributed by atoms with Crippen LogP contribution in [-0.2, 0) is 13.0 Å². The zero-order valence-electron chi connectivity index (χ0n) is 16.6. The van der Waals surface area contributed by atoms with Gasteiger partial charge in [0.05, 0.1) is 0 Å². The van der Waals surface area contributed by atoms with Crippen LogP contribution in [0.5, 0.6) is 11.5 Å². The van der Waals surface area contributed by atoms with Crippen LogP contribution in [0.25, 0.3) is 5.78 Å². The Morgan fingerprint density at radius 1 is 1.03 bits per heavy atom. The third kappa shape index (κ3) is 3.41. The molecular weight excluding hydrogens is 385 g/mol. The number of aromatic nitrogens is 4. The number of aryl methyl sites for hydroxylation is 1. The van der Waals surface area contributed by atoms with Crippen molar-refractivity contribution < 1.29 is 13.9 Å². The molecule has 5 rings (SSSR count). The minimum absolute atomic E-state index is 0.253. The lowest BCUT2D eigenvalue weighted by atomic mass is 10.1. The molecule has 1 N–H and O–H groups in total. The quantitative estimate of drug-likeness (QED) is 0.544. The third-order valence-electron chi connectivity index (χ3n) is 5.16. The lowest BCUT2D eigenvalue weighted by Crippen LogP contribution is -2.10. The molecule has 7 nitrogen and oxygen atoms in total. The van der Waals surface area contributed by atoms with Crippen molar-refractivity contribution in [2.75, 3.05) is 12.1 Å². The zero-order chi connectivity index (χ0) is 20.7. The van der Waals surface area contributed by atoms with Gasteiger partial charge < -0.3 is 14.8 Å². The predicted molar refractivity (Wildman–Crippen MR) is 109 cm³/mol. The third-order valence-corrected chi connectivity index (χ3v) is 5.16. The van der Waals surface area contributed by atoms with Crippen LogP contribution in [0.2, 0.25) is 0 Å². The molecule has 0 saturated heterocycles. The van der Waals surface area contributed by atoms with E-state index in [1.165, 1.54) is 12.1 Å². The minimum Gasteiger partial charge on any atom is -0.454 e. The molecule has 8 heteroatoms. The average Bonchev–Trinajstić information content (AvgIpc) is 3.34. The average molecular weight is 405 g/mol. The normalized spacial score (nSPS) is 12.5. The molecule has 0 saturated carbocycles. The number of rotatable bonds is 5. The van der Waals surface area contributed by atoms with Gasteiger partial charge >= 0.3 is 0 Å². The number of anilines is 1. The van der Waals surface area contributed by atoms with E-state index >= 15 is 0 Å². The van der Waals surface area contributed by atoms with Crippen LogP contribution in [0.4, 0.5) is 10.2 Å². The van der Waals surface area contributed by atoms with Crippen LogP contribution in [0, 0.1) is 19.7 Å². The first-order valence-electron chi connectivity index (χ1n) is 9.66. The van der Waals surface area contributed by atoms with Gasteiger partial charge in [0, 0.05) is 24.2 Å². The number of fused-ring (bicyclic) bond motifs is 2. The molecule has 2 aromatic carbocycles. The zero-order valence-corrected chi connectivity index (χ0v) is 16.6. The van der Waals surface area contributed by atoms with Crippen molar-refractivity contribution in [3.05, 3.63) is 76.5 Å². The van der Waals surface area contributed by atoms with Crippen molar-refractivity contribution in [1.29, 1.82) is 0 Å². The Morgan fingerprint density at radius 2 is 1.90 bits per heavy atom. The molecule has 4 aromatic rings. The monoisotopic (exact) mass is 405 g/mol. The van der Waals surface area contributed by atoms with Gasteiger partial charge in [-0.05, 0) is 49.2 Å². The van der Waals surface area contributed by atoms with Crippen LogP contribution in [-0.4, -0.2) is 26.4 Å². The maximum Gasteiger partial charge on any atom is 0.254 e. The molecule has 0 aliphatic carbocycles. The van der Waals surface area contributed by atoms with E-state index in [1.54, 1.807) is 10.6 Å². The lowest BCUT2D eigenvalue weighted by Gasteiger charge is -2.12. The van der Waals surface area contributed by atoms with Crippen molar-refractivity contribution in [3.8, 4) is 11.5 Å². The van der Waals surface area contributed by atoms with Crippen LogP contribution in [0.1, 0.15) is 28.2 Å². The summed E-state index contributed by atoms with van der Waals surface area (Å²) in [5.41, 5.74) is 3.74. The number of hydrogen-bond donors (Lipinski definition) is 1. The summed E-state index contributed by atoms with van der Waals surface area (Å²) in [7, 11) is 0. The standard InChI is InChI=1S/C22H20FN5O2/c1-13-14(2)25-22-26-20(10-15-4-3-5-17(23)8-15)27-28(22)21(13)24-11-16-6-7-18-19(9-16)30-12-29-18/h3-9,24H,10-12H2,1-2H3. The second-order valence-corrected chi connectivity index (χ2v) is 7.26. The summed E-state index contributed by atoms with van der Waals surface area (Å²) in [6, 6.07) is 12.3. The molecule has 2 aromatic heterocycles. The van der Waals surface area contributed by atoms with Gasteiger partial charge in [-0.15, -0.1) is 5.10 Å². The maximum atomic E-state index is 13.5. The van der Waals surface area contributed by atoms with Gasteiger partial charge in [0.2, 0.25) is 6.79 Å². The number of hydrogen-bond acceptors (Lipinski definition) is 6. The van der Waals surface area contributed by atoms with E-state index in [2.05, 4.69) is 20.4 Å². The predicted octanol–water partition coefficient (Wildman–Crippen LogP) is 3.81. The molecule has 0 fully saturated rings. The van der Waals surface area contributed by atoms with Gasteiger partial charge in [0.1, 0.15) is 11.6 Å². The van der Waals surface area contributed by atoms with Gasteiger partial charge in [-0.25, -0.2) is 9.37 Å². The SMILES string of the molecule is Cc1nc2nc(Cc3cccc(F)c3)nn2c(NCc2ccc3c(c2)OCO3)c1C. The van der Waals surface area contributed by atoms with E-state index in [9.17, 15) is 4.39 Å². The molecule has 1 aliphatic heterocycles. The lowest BCUT2D eigenvalue weighted by molar-refractivity contribution is 0.174. The van der Waals surface area contributed by atoms with E-state index < -0.39 is 0 Å². The maximum absolute atomic E-state index is 13.5. The Hall–Kier alpha value is -3.68. The van der Waals surface area contributed by atoms with Crippen molar-refractivity contribution >= 4 is 11.6 Å². The number of nitrogens with one attached hydrogen (secondary N) is 1. The Labute approximate surface area is 172 Å². The molecule has 30 heavy (non-hydrogen) atoms. The molecule has 0 bridgehead atoms. The van der Waals surface area contributed by atoms with Crippen LogP contribution < -0.4 is 14.8 Å². The highest BCUT2D eigenvalue weighted by atomic mass is 19.1. The molecule has 3 heterocycles. The molecule has 152 valence electrons. The smallest absolute Gasteiger partial charge is 0.254 e. The summed E-state index contributed by atoms with van der Waals surface area (Å²) in [6.45, 7) is 4.78. The second kappa shape index (κ2) is 7.29. The fourth-order valence-corrected chi connectivity index (χ4v) is 3.48. The largest absolute Gasteiger partial charge is 0.454 e. The van der Waals surface area contributed by atoms with Gasteiger partial charge in [0.15, 0.2) is 17.3 Å². The first-order valence-corrected chi connectivity index (χ1v) is 9.66. The van der Waals surface area contributed by atoms with Crippen LogP contribution >= 0.6 is 0 Å². The highest BCUT2D eigenvalue weighted by Gasteiger charge is 2.16. The first kappa shape index (κ1) is 18.4. The number of halogens is 1. The Balaban J connectivity index is 1.44. The molecule has 0 radical (unpaired) electrons. The number of nitrogens with zero attached hydrogens (tertiary/aromatic N) is 4. The summed E-state index contributed by atoms with van der Waals surface area (Å²) in [6.07, 6.45) is 0.431. The molecule has 0 unspecified atom stereocenters. The Kier molecular flexibility index (Phi) is 4.46. The summed E-state index contributed by atoms with van der Waals surface area (Å²) in [4.78, 5) is 9.10. The summed E-state index contributed by atoms with van der Waals surface area (Å²) in [5.74, 6) is 3.16. The van der Waals surface area contributed by atoms with Crippen LogP contribution in [0.15, 0.2) is 42.5 Å². The summed E-state index contributed by atoms with van der Waals surface area (Å²) in [5, 5.41) is 8.08. The van der Waals surface area contributed by atoms with Gasteiger partial charge in [-0.3, -0.25) is 0 Å². The van der Waals surface area contributed by atoms with Gasteiger partial charge in [-0.2, -0.15) is 9.50 Å². The minimum atomic E-state index is -0.271. The van der Waals surface area contributed by atoms with Crippen molar-refractivity contribution in [1.82, 2.24) is 19.6 Å². The van der Waals surface area contributed by atoms with Crippen molar-refractivity contribution in [2.45, 2.75) is 26.8 Å². The van der Waals surface area contributed by atoms with Crippen molar-refractivity contribution in [3.63, 3.8) is 0 Å². The highest BCUT2D eigenvalue weighted by molar-refractivity contribution is 5.53. The van der Waals surface area contributed by atoms with E-state index in [1.807, 2.05) is 38.1 Å². The fourth-order valence-electron chi connectivity index (χ4n) is 3.48. The second-order valence-electron chi connectivity index (χ2n) is 7.26. The fraction of sp³-hybridized carbons (Fsp3) is 0.227. The highest BCUT2D eigenvalue weighted by Crippen LogP contribution is 2.32. The molecule has 0 spiro atoms. The first-order chi connectivity index (χ1) is 14.6. The van der Waals surface area contributed by atoms with E-state index in [-0.39, 0.29) is 12.6 Å². The van der Waals surface area contributed by atoms with Crippen molar-refractivity contribution in [2.24, 2.45) is 0 Å². The number of benzene rings is 2. The molecule has 0 amide bonds. The van der Waals surface area contributed by atoms with E-state index in [0.717, 1.165) is 39.7 Å². The topological polar surface area (TPSA) is 73.6 Å². The number of ether oxygens (including phenoxy) is 2. The summed E-state index contributed by atoms with van der Waals surface area (Å²) >= 11 is 0. The molecular formula is C22H20FN5O2. The van der Waals surface area contributed by atoms with Crippen LogP contribution in [0.3, 0.4) is 0 Å². The van der Waals surface area contributed by atoms with E-state index in [0.29, 0.717) is 24.6 Å². The molecule has 1 aliphatic rings. The summed E-state index contributed by atoms with van der Waals surface area (Å²) < 4.78 is 26.0.